The van der Waals surface area contributed by atoms with Crippen molar-refractivity contribution in [2.75, 3.05) is 23.4 Å². The summed E-state index contributed by atoms with van der Waals surface area (Å²) in [6.45, 7) is 2.08. The van der Waals surface area contributed by atoms with E-state index in [9.17, 15) is 13.2 Å². The molecule has 0 radical (unpaired) electrons. The largest absolute Gasteiger partial charge is 0.462 e. The molecule has 1 aliphatic heterocycles. The maximum Gasteiger partial charge on any atom is 0.338 e. The SMILES string of the molecule is CCOC(=O)c1ccc(NC2CCS(=O)(=O)C2)c(Br)c1. The van der Waals surface area contributed by atoms with Gasteiger partial charge in [-0.15, -0.1) is 0 Å². The molecule has 1 aromatic rings. The number of benzene rings is 1. The van der Waals surface area contributed by atoms with Gasteiger partial charge in [0.05, 0.1) is 23.7 Å². The molecule has 1 saturated heterocycles. The number of hydrogen-bond acceptors (Lipinski definition) is 5. The molecule has 20 heavy (non-hydrogen) atoms. The summed E-state index contributed by atoms with van der Waals surface area (Å²) in [7, 11) is -2.91. The Bertz CT molecular complexity index is 615. The molecule has 0 aliphatic carbocycles. The van der Waals surface area contributed by atoms with Gasteiger partial charge in [0.15, 0.2) is 9.84 Å². The van der Waals surface area contributed by atoms with E-state index in [0.717, 1.165) is 5.69 Å². The Balaban J connectivity index is 2.09. The summed E-state index contributed by atoms with van der Waals surface area (Å²) in [5.41, 5.74) is 1.24. The quantitative estimate of drug-likeness (QED) is 0.832. The Morgan fingerprint density at radius 2 is 2.25 bits per heavy atom. The van der Waals surface area contributed by atoms with Gasteiger partial charge in [-0.1, -0.05) is 0 Å². The van der Waals surface area contributed by atoms with Crippen molar-refractivity contribution < 1.29 is 17.9 Å². The van der Waals surface area contributed by atoms with Crippen molar-refractivity contribution in [2.45, 2.75) is 19.4 Å². The highest BCUT2D eigenvalue weighted by Crippen LogP contribution is 2.26. The zero-order valence-corrected chi connectivity index (χ0v) is 13.5. The molecule has 1 N–H and O–H groups in total. The van der Waals surface area contributed by atoms with E-state index in [-0.39, 0.29) is 23.5 Å². The van der Waals surface area contributed by atoms with Gasteiger partial charge in [-0.3, -0.25) is 0 Å². The Kier molecular flexibility index (Phi) is 4.70. The third-order valence-electron chi connectivity index (χ3n) is 3.07. The molecule has 0 amide bonds. The summed E-state index contributed by atoms with van der Waals surface area (Å²) in [5, 5.41) is 3.18. The van der Waals surface area contributed by atoms with Gasteiger partial charge in [0.25, 0.3) is 0 Å². The molecule has 1 atom stereocenters. The summed E-state index contributed by atoms with van der Waals surface area (Å²) in [4.78, 5) is 11.6. The van der Waals surface area contributed by atoms with Crippen molar-refractivity contribution in [1.82, 2.24) is 0 Å². The van der Waals surface area contributed by atoms with Gasteiger partial charge in [-0.05, 0) is 47.5 Å². The number of carbonyl (C=O) groups excluding carboxylic acids is 1. The number of ether oxygens (including phenoxy) is 1. The van der Waals surface area contributed by atoms with Crippen LogP contribution in [0, 0.1) is 0 Å². The van der Waals surface area contributed by atoms with Gasteiger partial charge < -0.3 is 10.1 Å². The monoisotopic (exact) mass is 361 g/mol. The molecule has 0 spiro atoms. The first-order valence-electron chi connectivity index (χ1n) is 6.35. The highest BCUT2D eigenvalue weighted by atomic mass is 79.9. The topological polar surface area (TPSA) is 72.5 Å². The Morgan fingerprint density at radius 3 is 2.80 bits per heavy atom. The number of rotatable bonds is 4. The van der Waals surface area contributed by atoms with Crippen LogP contribution in [0.25, 0.3) is 0 Å². The first-order valence-corrected chi connectivity index (χ1v) is 8.96. The molecule has 1 unspecified atom stereocenters. The first-order chi connectivity index (χ1) is 9.41. The van der Waals surface area contributed by atoms with Crippen molar-refractivity contribution in [1.29, 1.82) is 0 Å². The van der Waals surface area contributed by atoms with Crippen molar-refractivity contribution in [3.8, 4) is 0 Å². The third-order valence-corrected chi connectivity index (χ3v) is 5.50. The summed E-state index contributed by atoms with van der Waals surface area (Å²) < 4.78 is 28.5. The van der Waals surface area contributed by atoms with Crippen molar-refractivity contribution in [2.24, 2.45) is 0 Å². The van der Waals surface area contributed by atoms with Crippen LogP contribution in [-0.2, 0) is 14.6 Å². The lowest BCUT2D eigenvalue weighted by atomic mass is 10.2. The standard InChI is InChI=1S/C13H16BrNO4S/c1-2-19-13(16)9-3-4-12(11(14)7-9)15-10-5-6-20(17,18)8-10/h3-4,7,10,15H,2,5-6,8H2,1H3. The lowest BCUT2D eigenvalue weighted by Crippen LogP contribution is -2.20. The van der Waals surface area contributed by atoms with Crippen molar-refractivity contribution in [3.63, 3.8) is 0 Å². The zero-order chi connectivity index (χ0) is 14.8. The third kappa shape index (κ3) is 3.73. The highest BCUT2D eigenvalue weighted by Gasteiger charge is 2.28. The molecule has 5 nitrogen and oxygen atoms in total. The molecule has 110 valence electrons. The number of anilines is 1. The number of nitrogens with one attached hydrogen (secondary N) is 1. The van der Waals surface area contributed by atoms with E-state index in [4.69, 9.17) is 4.74 Å². The van der Waals surface area contributed by atoms with Crippen LogP contribution < -0.4 is 5.32 Å². The number of halogens is 1. The molecule has 2 rings (SSSR count). The molecule has 1 fully saturated rings. The molecule has 0 saturated carbocycles. The number of carbonyl (C=O) groups is 1. The predicted octanol–water partition coefficient (Wildman–Crippen LogP) is 2.22. The van der Waals surface area contributed by atoms with E-state index in [1.165, 1.54) is 0 Å². The Morgan fingerprint density at radius 1 is 1.50 bits per heavy atom. The first kappa shape index (κ1) is 15.3. The molecule has 1 aliphatic rings. The van der Waals surface area contributed by atoms with Gasteiger partial charge in [-0.2, -0.15) is 0 Å². The van der Waals surface area contributed by atoms with Crippen LogP contribution in [0.5, 0.6) is 0 Å². The normalized spacial score (nSPS) is 20.6. The van der Waals surface area contributed by atoms with E-state index >= 15 is 0 Å². The minimum Gasteiger partial charge on any atom is -0.462 e. The van der Waals surface area contributed by atoms with Crippen molar-refractivity contribution in [3.05, 3.63) is 28.2 Å². The fourth-order valence-electron chi connectivity index (χ4n) is 2.10. The summed E-state index contributed by atoms with van der Waals surface area (Å²) in [6.07, 6.45) is 0.606. The molecular weight excluding hydrogens is 346 g/mol. The van der Waals surface area contributed by atoms with E-state index in [1.807, 2.05) is 0 Å². The van der Waals surface area contributed by atoms with Gasteiger partial charge in [0.2, 0.25) is 0 Å². The van der Waals surface area contributed by atoms with Crippen LogP contribution in [0.4, 0.5) is 5.69 Å². The maximum atomic E-state index is 11.6. The average molecular weight is 362 g/mol. The van der Waals surface area contributed by atoms with E-state index in [0.29, 0.717) is 23.1 Å². The van der Waals surface area contributed by atoms with Gasteiger partial charge >= 0.3 is 5.97 Å². The van der Waals surface area contributed by atoms with Crippen LogP contribution in [0.2, 0.25) is 0 Å². The van der Waals surface area contributed by atoms with E-state index in [2.05, 4.69) is 21.2 Å². The van der Waals surface area contributed by atoms with Crippen LogP contribution in [0.15, 0.2) is 22.7 Å². The second kappa shape index (κ2) is 6.13. The smallest absolute Gasteiger partial charge is 0.338 e. The zero-order valence-electron chi connectivity index (χ0n) is 11.1. The van der Waals surface area contributed by atoms with Crippen LogP contribution in [0.1, 0.15) is 23.7 Å². The fourth-order valence-corrected chi connectivity index (χ4v) is 4.27. The summed E-state index contributed by atoms with van der Waals surface area (Å²) in [6, 6.07) is 5.00. The number of esters is 1. The molecule has 0 aromatic heterocycles. The number of sulfone groups is 1. The van der Waals surface area contributed by atoms with Crippen LogP contribution in [0.3, 0.4) is 0 Å². The molecule has 7 heteroatoms. The lowest BCUT2D eigenvalue weighted by Gasteiger charge is -2.14. The molecule has 1 aromatic carbocycles. The lowest BCUT2D eigenvalue weighted by molar-refractivity contribution is 0.0526. The van der Waals surface area contributed by atoms with Gasteiger partial charge in [0.1, 0.15) is 0 Å². The second-order valence-electron chi connectivity index (χ2n) is 4.66. The molecular formula is C13H16BrNO4S. The molecule has 1 heterocycles. The van der Waals surface area contributed by atoms with E-state index in [1.54, 1.807) is 25.1 Å². The Hall–Kier alpha value is -1.08. The number of hydrogen-bond donors (Lipinski definition) is 1. The summed E-state index contributed by atoms with van der Waals surface area (Å²) >= 11 is 3.38. The molecule has 0 bridgehead atoms. The van der Waals surface area contributed by atoms with Crippen LogP contribution in [-0.4, -0.2) is 38.5 Å². The summed E-state index contributed by atoms with van der Waals surface area (Å²) in [5.74, 6) is 0.00520. The van der Waals surface area contributed by atoms with E-state index < -0.39 is 9.84 Å². The highest BCUT2D eigenvalue weighted by molar-refractivity contribution is 9.10. The van der Waals surface area contributed by atoms with Gasteiger partial charge in [-0.25, -0.2) is 13.2 Å². The van der Waals surface area contributed by atoms with Crippen LogP contribution >= 0.6 is 15.9 Å². The predicted molar refractivity (Wildman–Crippen MR) is 80.8 cm³/mol. The minimum atomic E-state index is -2.91. The second-order valence-corrected chi connectivity index (χ2v) is 7.74. The Labute approximate surface area is 126 Å². The van der Waals surface area contributed by atoms with Gasteiger partial charge in [0, 0.05) is 16.2 Å². The minimum absolute atomic E-state index is 0.0789. The average Bonchev–Trinajstić information content (AvgIpc) is 2.71. The maximum absolute atomic E-state index is 11.6. The van der Waals surface area contributed by atoms with Crippen molar-refractivity contribution >= 4 is 37.4 Å². The fraction of sp³-hybridized carbons (Fsp3) is 0.462.